The third kappa shape index (κ3) is 2.50. The van der Waals surface area contributed by atoms with E-state index in [4.69, 9.17) is 21.6 Å². The molecule has 78 valence electrons. The Morgan fingerprint density at radius 2 is 1.88 bits per heavy atom. The van der Waals surface area contributed by atoms with Crippen LogP contribution in [-0.4, -0.2) is 4.98 Å². The molecule has 0 aliphatic rings. The van der Waals surface area contributed by atoms with Crippen LogP contribution in [0.4, 0.5) is 0 Å². The Kier molecular flexibility index (Phi) is 3.04. The molecule has 2 aromatic rings. The van der Waals surface area contributed by atoms with Gasteiger partial charge in [-0.25, -0.2) is 4.98 Å². The molecule has 0 atom stereocenters. The Morgan fingerprint density at radius 1 is 1.12 bits per heavy atom. The first-order valence-electron chi connectivity index (χ1n) is 4.57. The molecular formula is C12H7ClN2O. The van der Waals surface area contributed by atoms with Crippen LogP contribution in [0.3, 0.4) is 0 Å². The van der Waals surface area contributed by atoms with Crippen molar-refractivity contribution < 1.29 is 4.74 Å². The van der Waals surface area contributed by atoms with Crippen LogP contribution in [0.5, 0.6) is 11.5 Å². The predicted molar refractivity (Wildman–Crippen MR) is 60.5 cm³/mol. The Morgan fingerprint density at radius 3 is 2.50 bits per heavy atom. The summed E-state index contributed by atoms with van der Waals surface area (Å²) < 4.78 is 5.52. The van der Waals surface area contributed by atoms with Crippen molar-refractivity contribution in [2.75, 3.05) is 0 Å². The molecule has 0 saturated heterocycles. The second-order valence-electron chi connectivity index (χ2n) is 3.05. The summed E-state index contributed by atoms with van der Waals surface area (Å²) in [4.78, 5) is 3.85. The van der Waals surface area contributed by atoms with E-state index < -0.39 is 0 Å². The number of aromatic nitrogens is 1. The monoisotopic (exact) mass is 230 g/mol. The minimum Gasteiger partial charge on any atom is -0.457 e. The molecule has 0 saturated carbocycles. The van der Waals surface area contributed by atoms with E-state index in [-0.39, 0.29) is 0 Å². The normalized spacial score (nSPS) is 9.50. The van der Waals surface area contributed by atoms with Crippen LogP contribution >= 0.6 is 11.6 Å². The van der Waals surface area contributed by atoms with Gasteiger partial charge in [0.2, 0.25) is 0 Å². The molecule has 2 rings (SSSR count). The first-order valence-corrected chi connectivity index (χ1v) is 4.95. The van der Waals surface area contributed by atoms with Crippen LogP contribution in [0.2, 0.25) is 5.15 Å². The zero-order valence-corrected chi connectivity index (χ0v) is 8.98. The topological polar surface area (TPSA) is 45.9 Å². The Bertz CT molecular complexity index is 531. The number of nitrogens with zero attached hydrogens (tertiary/aromatic N) is 2. The number of benzene rings is 1. The zero-order chi connectivity index (χ0) is 11.4. The molecule has 1 heterocycles. The second kappa shape index (κ2) is 4.65. The molecular weight excluding hydrogens is 224 g/mol. The number of nitriles is 1. The molecule has 0 bridgehead atoms. The van der Waals surface area contributed by atoms with Gasteiger partial charge >= 0.3 is 0 Å². The molecule has 1 aromatic carbocycles. The lowest BCUT2D eigenvalue weighted by Gasteiger charge is -2.04. The van der Waals surface area contributed by atoms with Gasteiger partial charge in [0.15, 0.2) is 0 Å². The summed E-state index contributed by atoms with van der Waals surface area (Å²) in [5.41, 5.74) is 0.597. The lowest BCUT2D eigenvalue weighted by molar-refractivity contribution is 0.482. The van der Waals surface area contributed by atoms with Gasteiger partial charge in [0, 0.05) is 12.3 Å². The highest BCUT2D eigenvalue weighted by Gasteiger charge is 1.98. The molecule has 0 unspecified atom stereocenters. The molecule has 4 heteroatoms. The van der Waals surface area contributed by atoms with Crippen molar-refractivity contribution in [3.63, 3.8) is 0 Å². The van der Waals surface area contributed by atoms with Crippen molar-refractivity contribution in [2.45, 2.75) is 0 Å². The van der Waals surface area contributed by atoms with Gasteiger partial charge in [0.1, 0.15) is 16.7 Å². The minimum absolute atomic E-state index is 0.381. The molecule has 0 spiro atoms. The van der Waals surface area contributed by atoms with Gasteiger partial charge in [0.05, 0.1) is 11.6 Å². The van der Waals surface area contributed by atoms with Gasteiger partial charge in [-0.05, 0) is 30.3 Å². The van der Waals surface area contributed by atoms with Crippen LogP contribution in [0, 0.1) is 11.3 Å². The summed E-state index contributed by atoms with van der Waals surface area (Å²) in [6.45, 7) is 0. The fourth-order valence-corrected chi connectivity index (χ4v) is 1.35. The quantitative estimate of drug-likeness (QED) is 0.743. The van der Waals surface area contributed by atoms with Crippen LogP contribution in [0.15, 0.2) is 42.6 Å². The highest BCUT2D eigenvalue weighted by atomic mass is 35.5. The van der Waals surface area contributed by atoms with Crippen LogP contribution in [-0.2, 0) is 0 Å². The maximum Gasteiger partial charge on any atom is 0.132 e. The van der Waals surface area contributed by atoms with E-state index in [1.165, 1.54) is 0 Å². The van der Waals surface area contributed by atoms with E-state index in [0.717, 1.165) is 0 Å². The summed E-state index contributed by atoms with van der Waals surface area (Å²) in [6, 6.07) is 12.2. The number of rotatable bonds is 2. The van der Waals surface area contributed by atoms with Gasteiger partial charge in [-0.1, -0.05) is 11.6 Å². The van der Waals surface area contributed by atoms with Gasteiger partial charge in [-0.3, -0.25) is 0 Å². The number of hydrogen-bond donors (Lipinski definition) is 0. The number of halogens is 1. The molecule has 0 aliphatic carbocycles. The fraction of sp³-hybridized carbons (Fsp3) is 0. The summed E-state index contributed by atoms with van der Waals surface area (Å²) in [7, 11) is 0. The summed E-state index contributed by atoms with van der Waals surface area (Å²) in [5, 5.41) is 9.02. The first kappa shape index (κ1) is 10.5. The third-order valence-electron chi connectivity index (χ3n) is 1.92. The molecule has 1 aromatic heterocycles. The molecule has 16 heavy (non-hydrogen) atoms. The van der Waals surface area contributed by atoms with E-state index >= 15 is 0 Å². The first-order chi connectivity index (χ1) is 7.78. The Hall–Kier alpha value is -2.05. The second-order valence-corrected chi connectivity index (χ2v) is 3.44. The van der Waals surface area contributed by atoms with Crippen LogP contribution in [0.25, 0.3) is 0 Å². The number of ether oxygens (including phenoxy) is 1. The van der Waals surface area contributed by atoms with E-state index in [9.17, 15) is 0 Å². The van der Waals surface area contributed by atoms with E-state index in [1.54, 1.807) is 42.6 Å². The Labute approximate surface area is 97.9 Å². The highest BCUT2D eigenvalue weighted by molar-refractivity contribution is 6.29. The molecule has 0 N–H and O–H groups in total. The summed E-state index contributed by atoms with van der Waals surface area (Å²) in [5.74, 6) is 1.27. The van der Waals surface area contributed by atoms with Gasteiger partial charge in [-0.2, -0.15) is 5.26 Å². The molecule has 0 aliphatic heterocycles. The maximum absolute atomic E-state index is 8.64. The average Bonchev–Trinajstić information content (AvgIpc) is 2.30. The smallest absolute Gasteiger partial charge is 0.132 e. The highest BCUT2D eigenvalue weighted by Crippen LogP contribution is 2.22. The summed E-state index contributed by atoms with van der Waals surface area (Å²) in [6.07, 6.45) is 1.57. The van der Waals surface area contributed by atoms with Crippen molar-refractivity contribution in [1.29, 1.82) is 5.26 Å². The Balaban J connectivity index is 2.18. The molecule has 3 nitrogen and oxygen atoms in total. The lowest BCUT2D eigenvalue weighted by Crippen LogP contribution is -1.85. The van der Waals surface area contributed by atoms with E-state index in [0.29, 0.717) is 22.2 Å². The number of pyridine rings is 1. The van der Waals surface area contributed by atoms with Gasteiger partial charge < -0.3 is 4.74 Å². The van der Waals surface area contributed by atoms with Crippen molar-refractivity contribution in [3.05, 3.63) is 53.3 Å². The summed E-state index contributed by atoms with van der Waals surface area (Å²) >= 11 is 5.72. The van der Waals surface area contributed by atoms with Crippen LogP contribution < -0.4 is 4.74 Å². The zero-order valence-electron chi connectivity index (χ0n) is 8.22. The van der Waals surface area contributed by atoms with Crippen molar-refractivity contribution >= 4 is 11.6 Å². The predicted octanol–water partition coefficient (Wildman–Crippen LogP) is 3.40. The standard InChI is InChI=1S/C12H7ClN2O/c13-12-7-11(5-6-15-12)16-10-3-1-9(8-14)2-4-10/h1-7H. The molecule has 0 amide bonds. The van der Waals surface area contributed by atoms with Gasteiger partial charge in [0.25, 0.3) is 0 Å². The number of hydrogen-bond acceptors (Lipinski definition) is 3. The third-order valence-corrected chi connectivity index (χ3v) is 2.12. The van der Waals surface area contributed by atoms with Crippen LogP contribution in [0.1, 0.15) is 5.56 Å². The average molecular weight is 231 g/mol. The molecule has 0 radical (unpaired) electrons. The van der Waals surface area contributed by atoms with E-state index in [2.05, 4.69) is 4.98 Å². The van der Waals surface area contributed by atoms with Crippen molar-refractivity contribution in [1.82, 2.24) is 4.98 Å². The SMILES string of the molecule is N#Cc1ccc(Oc2ccnc(Cl)c2)cc1. The van der Waals surface area contributed by atoms with Crippen molar-refractivity contribution in [2.24, 2.45) is 0 Å². The van der Waals surface area contributed by atoms with Crippen molar-refractivity contribution in [3.8, 4) is 17.6 Å². The maximum atomic E-state index is 8.64. The van der Waals surface area contributed by atoms with Gasteiger partial charge in [-0.15, -0.1) is 0 Å². The molecule has 0 fully saturated rings. The minimum atomic E-state index is 0.381. The van der Waals surface area contributed by atoms with E-state index in [1.807, 2.05) is 6.07 Å². The fourth-order valence-electron chi connectivity index (χ4n) is 1.18. The largest absolute Gasteiger partial charge is 0.457 e. The lowest BCUT2D eigenvalue weighted by atomic mass is 10.2.